The molecule has 102 valence electrons. The van der Waals surface area contributed by atoms with E-state index in [1.54, 1.807) is 4.90 Å². The van der Waals surface area contributed by atoms with E-state index >= 15 is 0 Å². The summed E-state index contributed by atoms with van der Waals surface area (Å²) in [7, 11) is 0. The van der Waals surface area contributed by atoms with Gasteiger partial charge in [0, 0.05) is 6.54 Å². The minimum absolute atomic E-state index is 0. The lowest BCUT2D eigenvalue weighted by Crippen LogP contribution is -2.52. The van der Waals surface area contributed by atoms with Gasteiger partial charge < -0.3 is 20.1 Å². The highest BCUT2D eigenvalue weighted by Crippen LogP contribution is 2.15. The van der Waals surface area contributed by atoms with Gasteiger partial charge in [-0.25, -0.2) is 4.79 Å². The van der Waals surface area contributed by atoms with Gasteiger partial charge in [-0.15, -0.1) is 12.4 Å². The summed E-state index contributed by atoms with van der Waals surface area (Å²) in [5, 5.41) is 0. The summed E-state index contributed by atoms with van der Waals surface area (Å²) in [6.45, 7) is 8.99. The second-order valence-corrected chi connectivity index (χ2v) is 5.19. The molecule has 0 aromatic rings. The summed E-state index contributed by atoms with van der Waals surface area (Å²) >= 11 is 0. The summed E-state index contributed by atoms with van der Waals surface area (Å²) in [5.74, 6) is 0. The number of carbonyl (C=O) groups is 1. The largest absolute Gasteiger partial charge is 0.444 e. The number of hydrogen-bond donors (Lipinski definition) is 1. The van der Waals surface area contributed by atoms with E-state index in [9.17, 15) is 4.79 Å². The zero-order valence-electron chi connectivity index (χ0n) is 10.9. The number of hydrogen-bond acceptors (Lipinski definition) is 4. The number of halogens is 1. The van der Waals surface area contributed by atoms with Crippen molar-refractivity contribution in [3.05, 3.63) is 0 Å². The number of amides is 1. The molecule has 2 N–H and O–H groups in total. The standard InChI is InChI=1S/C11H22N2O3.ClH/c1-8-6-13(7-9(5-12)15-8)10(14)16-11(2,3)4;/h8-9H,5-7,12H2,1-4H3;1H/t8-,9-;/m0./s1. The minimum atomic E-state index is -0.461. The van der Waals surface area contributed by atoms with E-state index in [4.69, 9.17) is 15.2 Å². The highest BCUT2D eigenvalue weighted by atomic mass is 35.5. The van der Waals surface area contributed by atoms with Crippen LogP contribution >= 0.6 is 12.4 Å². The molecule has 1 rings (SSSR count). The molecule has 0 radical (unpaired) electrons. The maximum atomic E-state index is 11.8. The summed E-state index contributed by atoms with van der Waals surface area (Å²) in [6.07, 6.45) is -0.368. The Morgan fingerprint density at radius 2 is 2.06 bits per heavy atom. The fourth-order valence-electron chi connectivity index (χ4n) is 1.65. The Bertz CT molecular complexity index is 256. The van der Waals surface area contributed by atoms with Crippen LogP contribution in [-0.4, -0.2) is 48.4 Å². The number of ether oxygens (including phenoxy) is 2. The van der Waals surface area contributed by atoms with Gasteiger partial charge >= 0.3 is 6.09 Å². The van der Waals surface area contributed by atoms with Crippen molar-refractivity contribution in [1.29, 1.82) is 0 Å². The second-order valence-electron chi connectivity index (χ2n) is 5.19. The van der Waals surface area contributed by atoms with Crippen LogP contribution in [0.5, 0.6) is 0 Å². The molecule has 1 saturated heterocycles. The lowest BCUT2D eigenvalue weighted by atomic mass is 10.2. The lowest BCUT2D eigenvalue weighted by molar-refractivity contribution is -0.0757. The van der Waals surface area contributed by atoms with Crippen LogP contribution in [0.2, 0.25) is 0 Å². The van der Waals surface area contributed by atoms with Crippen molar-refractivity contribution in [3.8, 4) is 0 Å². The quantitative estimate of drug-likeness (QED) is 0.779. The summed E-state index contributed by atoms with van der Waals surface area (Å²) < 4.78 is 10.9. The van der Waals surface area contributed by atoms with Crippen molar-refractivity contribution in [3.63, 3.8) is 0 Å². The predicted molar refractivity (Wildman–Crippen MR) is 68.4 cm³/mol. The second kappa shape index (κ2) is 6.42. The lowest BCUT2D eigenvalue weighted by Gasteiger charge is -2.37. The smallest absolute Gasteiger partial charge is 0.410 e. The monoisotopic (exact) mass is 266 g/mol. The third-order valence-corrected chi connectivity index (χ3v) is 2.24. The molecular formula is C11H23ClN2O3. The first-order chi connectivity index (χ1) is 7.31. The molecular weight excluding hydrogens is 244 g/mol. The average Bonchev–Trinajstić information content (AvgIpc) is 2.14. The van der Waals surface area contributed by atoms with Crippen LogP contribution in [0.15, 0.2) is 0 Å². The van der Waals surface area contributed by atoms with E-state index in [2.05, 4.69) is 0 Å². The summed E-state index contributed by atoms with van der Waals surface area (Å²) in [5.41, 5.74) is 5.09. The molecule has 6 heteroatoms. The number of morpholine rings is 1. The number of rotatable bonds is 1. The number of nitrogens with zero attached hydrogens (tertiary/aromatic N) is 1. The first-order valence-electron chi connectivity index (χ1n) is 5.65. The molecule has 1 heterocycles. The molecule has 1 aliphatic heterocycles. The Morgan fingerprint density at radius 1 is 1.47 bits per heavy atom. The van der Waals surface area contributed by atoms with Crippen LogP contribution in [-0.2, 0) is 9.47 Å². The van der Waals surface area contributed by atoms with Crippen LogP contribution < -0.4 is 5.73 Å². The molecule has 1 fully saturated rings. The first kappa shape index (κ1) is 16.5. The van der Waals surface area contributed by atoms with Crippen molar-refractivity contribution in [2.45, 2.75) is 45.5 Å². The molecule has 0 aromatic heterocycles. The number of nitrogens with two attached hydrogens (primary N) is 1. The van der Waals surface area contributed by atoms with Gasteiger partial charge in [0.25, 0.3) is 0 Å². The van der Waals surface area contributed by atoms with Crippen molar-refractivity contribution in [1.82, 2.24) is 4.90 Å². The molecule has 0 unspecified atom stereocenters. The van der Waals surface area contributed by atoms with E-state index in [1.807, 2.05) is 27.7 Å². The van der Waals surface area contributed by atoms with Gasteiger partial charge in [-0.2, -0.15) is 0 Å². The van der Waals surface area contributed by atoms with Crippen LogP contribution in [0.25, 0.3) is 0 Å². The van der Waals surface area contributed by atoms with Gasteiger partial charge in [-0.05, 0) is 27.7 Å². The molecule has 1 amide bonds. The molecule has 0 aliphatic carbocycles. The van der Waals surface area contributed by atoms with E-state index < -0.39 is 5.60 Å². The van der Waals surface area contributed by atoms with E-state index in [1.165, 1.54) is 0 Å². The zero-order valence-corrected chi connectivity index (χ0v) is 11.8. The predicted octanol–water partition coefficient (Wildman–Crippen LogP) is 1.39. The van der Waals surface area contributed by atoms with Crippen LogP contribution in [0.4, 0.5) is 4.79 Å². The summed E-state index contributed by atoms with van der Waals surface area (Å²) in [4.78, 5) is 13.5. The minimum Gasteiger partial charge on any atom is -0.444 e. The van der Waals surface area contributed by atoms with E-state index in [0.29, 0.717) is 19.6 Å². The maximum absolute atomic E-state index is 11.8. The topological polar surface area (TPSA) is 64.8 Å². The van der Waals surface area contributed by atoms with Crippen molar-refractivity contribution in [2.75, 3.05) is 19.6 Å². The van der Waals surface area contributed by atoms with Crippen molar-refractivity contribution >= 4 is 18.5 Å². The Kier molecular flexibility index (Phi) is 6.23. The fraction of sp³-hybridized carbons (Fsp3) is 0.909. The van der Waals surface area contributed by atoms with E-state index in [0.717, 1.165) is 0 Å². The summed E-state index contributed by atoms with van der Waals surface area (Å²) in [6, 6.07) is 0. The van der Waals surface area contributed by atoms with E-state index in [-0.39, 0.29) is 30.7 Å². The zero-order chi connectivity index (χ0) is 12.3. The SMILES string of the molecule is C[C@H]1CN(C(=O)OC(C)(C)C)C[C@H](CN)O1.Cl. The molecule has 0 aromatic carbocycles. The Hall–Kier alpha value is -0.520. The van der Waals surface area contributed by atoms with Gasteiger partial charge in [-0.3, -0.25) is 0 Å². The number of carbonyl (C=O) groups excluding carboxylic acids is 1. The third kappa shape index (κ3) is 5.57. The molecule has 17 heavy (non-hydrogen) atoms. The van der Waals surface area contributed by atoms with Gasteiger partial charge in [-0.1, -0.05) is 0 Å². The molecule has 5 nitrogen and oxygen atoms in total. The van der Waals surface area contributed by atoms with Gasteiger partial charge in [0.1, 0.15) is 5.60 Å². The van der Waals surface area contributed by atoms with Gasteiger partial charge in [0.15, 0.2) is 0 Å². The Labute approximate surface area is 109 Å². The molecule has 1 aliphatic rings. The maximum Gasteiger partial charge on any atom is 0.410 e. The third-order valence-electron chi connectivity index (χ3n) is 2.24. The van der Waals surface area contributed by atoms with Crippen molar-refractivity contribution < 1.29 is 14.3 Å². The molecule has 0 bridgehead atoms. The van der Waals surface area contributed by atoms with Gasteiger partial charge in [0.05, 0.1) is 25.3 Å². The Morgan fingerprint density at radius 3 is 2.53 bits per heavy atom. The van der Waals surface area contributed by atoms with Crippen LogP contribution in [0.1, 0.15) is 27.7 Å². The average molecular weight is 267 g/mol. The fourth-order valence-corrected chi connectivity index (χ4v) is 1.65. The highest BCUT2D eigenvalue weighted by Gasteiger charge is 2.30. The van der Waals surface area contributed by atoms with Crippen molar-refractivity contribution in [2.24, 2.45) is 5.73 Å². The normalized spacial score (nSPS) is 25.1. The van der Waals surface area contributed by atoms with Crippen LogP contribution in [0.3, 0.4) is 0 Å². The van der Waals surface area contributed by atoms with Gasteiger partial charge in [0.2, 0.25) is 0 Å². The van der Waals surface area contributed by atoms with Crippen LogP contribution in [0, 0.1) is 0 Å². The molecule has 0 spiro atoms. The first-order valence-corrected chi connectivity index (χ1v) is 5.65. The highest BCUT2D eigenvalue weighted by molar-refractivity contribution is 5.85. The Balaban J connectivity index is 0.00000256. The molecule has 0 saturated carbocycles. The molecule has 2 atom stereocenters.